The number of aromatic nitrogens is 2. The van der Waals surface area contributed by atoms with E-state index >= 15 is 0 Å². The Kier molecular flexibility index (Phi) is 4.63. The van der Waals surface area contributed by atoms with Crippen molar-refractivity contribution in [3.05, 3.63) is 110 Å². The third-order valence-corrected chi connectivity index (χ3v) is 6.77. The van der Waals surface area contributed by atoms with Gasteiger partial charge in [0.2, 0.25) is 0 Å². The van der Waals surface area contributed by atoms with Gasteiger partial charge >= 0.3 is 0 Å². The number of nitro benzene ring substituents is 1. The molecular formula is C27H25N3O2. The van der Waals surface area contributed by atoms with E-state index in [1.165, 1.54) is 33.3 Å². The zero-order valence-corrected chi connectivity index (χ0v) is 18.6. The summed E-state index contributed by atoms with van der Waals surface area (Å²) in [6.45, 7) is 8.44. The molecule has 0 radical (unpaired) electrons. The van der Waals surface area contributed by atoms with Gasteiger partial charge in [-0.05, 0) is 67.6 Å². The minimum Gasteiger partial charge on any atom is -0.358 e. The molecule has 0 spiro atoms. The van der Waals surface area contributed by atoms with Crippen LogP contribution in [0.15, 0.2) is 60.7 Å². The molecule has 3 aromatic carbocycles. The van der Waals surface area contributed by atoms with E-state index in [2.05, 4.69) is 74.1 Å². The van der Waals surface area contributed by atoms with Crippen molar-refractivity contribution in [2.45, 2.75) is 33.6 Å². The highest BCUT2D eigenvalue weighted by Crippen LogP contribution is 2.37. The van der Waals surface area contributed by atoms with Crippen LogP contribution in [0.1, 0.15) is 45.1 Å². The van der Waals surface area contributed by atoms with E-state index in [-0.39, 0.29) is 16.5 Å². The van der Waals surface area contributed by atoms with Gasteiger partial charge < -0.3 is 9.97 Å². The standard InChI is InChI=1S/C27H25N3O2/c1-15-17(3)28-25-13-20(7-11-23(15)25)27(19-5-9-22(10-6-19)30(31)32)21-8-12-24-16(2)18(4)29-26(24)14-21/h5-14,27-29H,1-4H3. The summed E-state index contributed by atoms with van der Waals surface area (Å²) in [5.41, 5.74) is 10.5. The second kappa shape index (κ2) is 7.38. The molecule has 0 aliphatic heterocycles. The van der Waals surface area contributed by atoms with Crippen LogP contribution in [-0.4, -0.2) is 14.9 Å². The summed E-state index contributed by atoms with van der Waals surface area (Å²) in [5, 5.41) is 13.6. The van der Waals surface area contributed by atoms with Crippen LogP contribution >= 0.6 is 0 Å². The number of fused-ring (bicyclic) bond motifs is 2. The fourth-order valence-corrected chi connectivity index (χ4v) is 4.71. The van der Waals surface area contributed by atoms with Crippen LogP contribution in [-0.2, 0) is 0 Å². The first-order valence-electron chi connectivity index (χ1n) is 10.8. The van der Waals surface area contributed by atoms with Crippen molar-refractivity contribution < 1.29 is 4.92 Å². The van der Waals surface area contributed by atoms with Crippen LogP contribution in [0.3, 0.4) is 0 Å². The fourth-order valence-electron chi connectivity index (χ4n) is 4.71. The van der Waals surface area contributed by atoms with Gasteiger partial charge in [0.15, 0.2) is 0 Å². The topological polar surface area (TPSA) is 74.7 Å². The molecule has 0 saturated carbocycles. The number of rotatable bonds is 4. The lowest BCUT2D eigenvalue weighted by molar-refractivity contribution is -0.384. The molecular weight excluding hydrogens is 398 g/mol. The second-order valence-electron chi connectivity index (χ2n) is 8.64. The SMILES string of the molecule is Cc1[nH]c2cc(C(c3ccc([N+](=O)[O-])cc3)c3ccc4c(C)c(C)[nH]c4c3)ccc2c1C. The molecule has 0 aliphatic carbocycles. The Labute approximate surface area is 186 Å². The zero-order valence-electron chi connectivity index (χ0n) is 18.6. The van der Waals surface area contributed by atoms with Gasteiger partial charge in [-0.2, -0.15) is 0 Å². The molecule has 2 N–H and O–H groups in total. The number of aryl methyl sites for hydroxylation is 4. The lowest BCUT2D eigenvalue weighted by Gasteiger charge is -2.19. The fraction of sp³-hybridized carbons (Fsp3) is 0.185. The maximum absolute atomic E-state index is 11.2. The first-order chi connectivity index (χ1) is 15.3. The number of non-ortho nitro benzene ring substituents is 1. The minimum atomic E-state index is -0.355. The third kappa shape index (κ3) is 3.17. The van der Waals surface area contributed by atoms with Gasteiger partial charge in [0.1, 0.15) is 0 Å². The van der Waals surface area contributed by atoms with Gasteiger partial charge in [0.05, 0.1) is 4.92 Å². The summed E-state index contributed by atoms with van der Waals surface area (Å²) in [4.78, 5) is 17.8. The molecule has 5 rings (SSSR count). The molecule has 2 heterocycles. The highest BCUT2D eigenvalue weighted by Gasteiger charge is 2.20. The van der Waals surface area contributed by atoms with Crippen LogP contribution in [0.25, 0.3) is 21.8 Å². The largest absolute Gasteiger partial charge is 0.358 e. The number of aromatic amines is 2. The number of benzene rings is 3. The van der Waals surface area contributed by atoms with Crippen LogP contribution in [0.2, 0.25) is 0 Å². The van der Waals surface area contributed by atoms with Gasteiger partial charge in [-0.3, -0.25) is 10.1 Å². The Bertz CT molecular complexity index is 1400. The van der Waals surface area contributed by atoms with Crippen LogP contribution < -0.4 is 0 Å². The van der Waals surface area contributed by atoms with Crippen molar-refractivity contribution in [3.63, 3.8) is 0 Å². The molecule has 0 aliphatic rings. The molecule has 160 valence electrons. The van der Waals surface area contributed by atoms with Crippen molar-refractivity contribution in [2.75, 3.05) is 0 Å². The molecule has 0 saturated heterocycles. The lowest BCUT2D eigenvalue weighted by atomic mass is 9.84. The molecule has 2 aromatic heterocycles. The van der Waals surface area contributed by atoms with Crippen LogP contribution in [0.4, 0.5) is 5.69 Å². The van der Waals surface area contributed by atoms with Gasteiger partial charge in [-0.25, -0.2) is 0 Å². The molecule has 32 heavy (non-hydrogen) atoms. The van der Waals surface area contributed by atoms with E-state index in [4.69, 9.17) is 0 Å². The molecule has 0 atom stereocenters. The highest BCUT2D eigenvalue weighted by molar-refractivity contribution is 5.87. The summed E-state index contributed by atoms with van der Waals surface area (Å²) in [6, 6.07) is 20.0. The molecule has 5 aromatic rings. The van der Waals surface area contributed by atoms with Gasteiger partial charge in [-0.15, -0.1) is 0 Å². The van der Waals surface area contributed by atoms with Crippen LogP contribution in [0, 0.1) is 37.8 Å². The number of nitrogens with zero attached hydrogens (tertiary/aromatic N) is 1. The Hall–Kier alpha value is -3.86. The molecule has 0 fully saturated rings. The summed E-state index contributed by atoms with van der Waals surface area (Å²) in [6.07, 6.45) is 0. The Morgan fingerprint density at radius 3 is 1.56 bits per heavy atom. The van der Waals surface area contributed by atoms with Gasteiger partial charge in [0.25, 0.3) is 5.69 Å². The Morgan fingerprint density at radius 1 is 0.688 bits per heavy atom. The number of hydrogen-bond donors (Lipinski definition) is 2. The summed E-state index contributed by atoms with van der Waals surface area (Å²) >= 11 is 0. The van der Waals surface area contributed by atoms with Gasteiger partial charge in [-0.1, -0.05) is 36.4 Å². The molecule has 0 amide bonds. The third-order valence-electron chi connectivity index (χ3n) is 6.77. The first kappa shape index (κ1) is 20.1. The number of nitrogens with one attached hydrogen (secondary N) is 2. The van der Waals surface area contributed by atoms with Crippen molar-refractivity contribution >= 4 is 27.5 Å². The van der Waals surface area contributed by atoms with Crippen molar-refractivity contribution in [1.29, 1.82) is 0 Å². The zero-order chi connectivity index (χ0) is 22.6. The van der Waals surface area contributed by atoms with Gasteiger partial charge in [0, 0.05) is 51.2 Å². The second-order valence-corrected chi connectivity index (χ2v) is 8.64. The monoisotopic (exact) mass is 423 g/mol. The molecule has 0 unspecified atom stereocenters. The normalized spacial score (nSPS) is 11.7. The maximum Gasteiger partial charge on any atom is 0.269 e. The van der Waals surface area contributed by atoms with E-state index in [9.17, 15) is 10.1 Å². The Morgan fingerprint density at radius 2 is 1.12 bits per heavy atom. The number of nitro groups is 1. The number of hydrogen-bond acceptors (Lipinski definition) is 2. The van der Waals surface area contributed by atoms with E-state index in [0.29, 0.717) is 0 Å². The van der Waals surface area contributed by atoms with Crippen LogP contribution in [0.5, 0.6) is 0 Å². The Balaban J connectivity index is 1.71. The van der Waals surface area contributed by atoms with E-state index in [1.54, 1.807) is 12.1 Å². The highest BCUT2D eigenvalue weighted by atomic mass is 16.6. The lowest BCUT2D eigenvalue weighted by Crippen LogP contribution is -2.04. The van der Waals surface area contributed by atoms with E-state index in [1.807, 2.05) is 12.1 Å². The van der Waals surface area contributed by atoms with E-state index in [0.717, 1.165) is 27.7 Å². The molecule has 0 bridgehead atoms. The quantitative estimate of drug-likeness (QED) is 0.186. The van der Waals surface area contributed by atoms with Crippen molar-refractivity contribution in [3.8, 4) is 0 Å². The average molecular weight is 424 g/mol. The smallest absolute Gasteiger partial charge is 0.269 e. The predicted molar refractivity (Wildman–Crippen MR) is 130 cm³/mol. The molecule has 5 nitrogen and oxygen atoms in total. The first-order valence-corrected chi connectivity index (χ1v) is 10.8. The van der Waals surface area contributed by atoms with Crippen molar-refractivity contribution in [1.82, 2.24) is 9.97 Å². The molecule has 5 heteroatoms. The van der Waals surface area contributed by atoms with E-state index < -0.39 is 0 Å². The average Bonchev–Trinajstić information content (AvgIpc) is 3.22. The maximum atomic E-state index is 11.2. The van der Waals surface area contributed by atoms with Crippen molar-refractivity contribution in [2.24, 2.45) is 0 Å². The number of H-pyrrole nitrogens is 2. The summed E-state index contributed by atoms with van der Waals surface area (Å²) in [7, 11) is 0. The minimum absolute atomic E-state index is 0.0440. The predicted octanol–water partition coefficient (Wildman–Crippen LogP) is 6.97. The summed E-state index contributed by atoms with van der Waals surface area (Å²) < 4.78 is 0. The summed E-state index contributed by atoms with van der Waals surface area (Å²) in [5.74, 6) is -0.0440.